The molecule has 1 aromatic heterocycles. The van der Waals surface area contributed by atoms with Crippen LogP contribution < -0.4 is 0 Å². The third-order valence-corrected chi connectivity index (χ3v) is 4.60. The van der Waals surface area contributed by atoms with E-state index in [0.717, 1.165) is 52.8 Å². The molecule has 114 valence electrons. The van der Waals surface area contributed by atoms with E-state index in [2.05, 4.69) is 41.6 Å². The van der Waals surface area contributed by atoms with Gasteiger partial charge in [-0.2, -0.15) is 0 Å². The molecule has 23 heavy (non-hydrogen) atoms. The first-order chi connectivity index (χ1) is 11.2. The van der Waals surface area contributed by atoms with Crippen LogP contribution in [-0.2, 0) is 10.2 Å². The average Bonchev–Trinajstić information content (AvgIpc) is 3.29. The van der Waals surface area contributed by atoms with Crippen LogP contribution in [-0.4, -0.2) is 11.4 Å². The van der Waals surface area contributed by atoms with Gasteiger partial charge < -0.3 is 9.32 Å². The van der Waals surface area contributed by atoms with Crippen molar-refractivity contribution in [2.24, 2.45) is 0 Å². The molecule has 0 N–H and O–H groups in total. The highest BCUT2D eigenvalue weighted by molar-refractivity contribution is 5.74. The number of aromatic nitrogens is 1. The van der Waals surface area contributed by atoms with Crippen LogP contribution >= 0.6 is 0 Å². The normalized spacial score (nSPS) is 15.3. The molecule has 2 aromatic carbocycles. The van der Waals surface area contributed by atoms with E-state index >= 15 is 0 Å². The average molecular weight is 303 g/mol. The van der Waals surface area contributed by atoms with Crippen LogP contribution in [0.25, 0.3) is 22.5 Å². The van der Waals surface area contributed by atoms with E-state index < -0.39 is 0 Å². The van der Waals surface area contributed by atoms with Gasteiger partial charge in [-0.1, -0.05) is 53.7 Å². The van der Waals surface area contributed by atoms with Crippen LogP contribution in [0.1, 0.15) is 24.1 Å². The molecule has 3 aromatic rings. The van der Waals surface area contributed by atoms with Gasteiger partial charge in [-0.15, -0.1) is 0 Å². The summed E-state index contributed by atoms with van der Waals surface area (Å²) in [4.78, 5) is 11.2. The summed E-state index contributed by atoms with van der Waals surface area (Å²) in [7, 11) is 0. The van der Waals surface area contributed by atoms with Crippen LogP contribution in [0.5, 0.6) is 0 Å². The summed E-state index contributed by atoms with van der Waals surface area (Å²) in [6, 6.07) is 18.5. The number of nitrogens with zero attached hydrogens (tertiary/aromatic N) is 1. The molecule has 0 unspecified atom stereocenters. The second-order valence-electron chi connectivity index (χ2n) is 6.26. The number of aryl methyl sites for hydroxylation is 1. The van der Waals surface area contributed by atoms with Crippen LogP contribution in [0.3, 0.4) is 0 Å². The number of hydrogen-bond donors (Lipinski definition) is 0. The van der Waals surface area contributed by atoms with Gasteiger partial charge in [0.2, 0.25) is 0 Å². The molecule has 3 heteroatoms. The standard InChI is InChI=1S/C20H17NO2/c1-14-12-19(23-21-14)17-4-2-15(3-5-17)16-6-8-18(9-7-16)20(13-22)10-11-20/h2-9,12-13H,10-11H2,1H3. The fourth-order valence-electron chi connectivity index (χ4n) is 2.93. The van der Waals surface area contributed by atoms with E-state index in [1.54, 1.807) is 0 Å². The molecule has 1 heterocycles. The van der Waals surface area contributed by atoms with E-state index in [1.165, 1.54) is 0 Å². The monoisotopic (exact) mass is 303 g/mol. The minimum Gasteiger partial charge on any atom is -0.356 e. The molecule has 0 saturated heterocycles. The van der Waals surface area contributed by atoms with Gasteiger partial charge in [0.25, 0.3) is 0 Å². The lowest BCUT2D eigenvalue weighted by Gasteiger charge is -2.09. The van der Waals surface area contributed by atoms with E-state index in [9.17, 15) is 4.79 Å². The lowest BCUT2D eigenvalue weighted by molar-refractivity contribution is -0.109. The number of rotatable bonds is 4. The zero-order chi connectivity index (χ0) is 15.9. The molecule has 4 rings (SSSR count). The topological polar surface area (TPSA) is 43.1 Å². The first-order valence-electron chi connectivity index (χ1n) is 7.81. The molecule has 0 atom stereocenters. The molecule has 0 spiro atoms. The largest absolute Gasteiger partial charge is 0.356 e. The minimum atomic E-state index is -0.202. The number of benzene rings is 2. The molecule has 0 bridgehead atoms. The summed E-state index contributed by atoms with van der Waals surface area (Å²) in [6.45, 7) is 1.91. The summed E-state index contributed by atoms with van der Waals surface area (Å²) < 4.78 is 5.29. The second kappa shape index (κ2) is 5.20. The molecule has 1 fully saturated rings. The predicted molar refractivity (Wildman–Crippen MR) is 89.1 cm³/mol. The van der Waals surface area contributed by atoms with E-state index in [0.29, 0.717) is 0 Å². The molecular formula is C20H17NO2. The van der Waals surface area contributed by atoms with Crippen molar-refractivity contribution >= 4 is 6.29 Å². The quantitative estimate of drug-likeness (QED) is 0.664. The number of carbonyl (C=O) groups is 1. The molecule has 1 saturated carbocycles. The van der Waals surface area contributed by atoms with Gasteiger partial charge in [0.05, 0.1) is 11.1 Å². The maximum atomic E-state index is 11.2. The van der Waals surface area contributed by atoms with Crippen molar-refractivity contribution in [3.8, 4) is 22.5 Å². The summed E-state index contributed by atoms with van der Waals surface area (Å²) >= 11 is 0. The van der Waals surface area contributed by atoms with Crippen LogP contribution in [0.15, 0.2) is 59.1 Å². The van der Waals surface area contributed by atoms with E-state index in [-0.39, 0.29) is 5.41 Å². The van der Waals surface area contributed by atoms with Crippen molar-refractivity contribution < 1.29 is 9.32 Å². The van der Waals surface area contributed by atoms with Gasteiger partial charge in [-0.05, 0) is 36.5 Å². The molecule has 0 amide bonds. The highest BCUT2D eigenvalue weighted by Crippen LogP contribution is 2.46. The number of aldehydes is 1. The van der Waals surface area contributed by atoms with Gasteiger partial charge >= 0.3 is 0 Å². The Kier molecular flexibility index (Phi) is 3.15. The lowest BCUT2D eigenvalue weighted by atomic mass is 9.95. The molecule has 1 aliphatic rings. The summed E-state index contributed by atoms with van der Waals surface area (Å²) in [5, 5.41) is 3.92. The van der Waals surface area contributed by atoms with Gasteiger partial charge in [0.15, 0.2) is 5.76 Å². The first kappa shape index (κ1) is 13.9. The second-order valence-corrected chi connectivity index (χ2v) is 6.26. The Hall–Kier alpha value is -2.68. The highest BCUT2D eigenvalue weighted by Gasteiger charge is 2.44. The van der Waals surface area contributed by atoms with Crippen molar-refractivity contribution in [3.63, 3.8) is 0 Å². The van der Waals surface area contributed by atoms with Crippen molar-refractivity contribution in [3.05, 3.63) is 65.9 Å². The first-order valence-corrected chi connectivity index (χ1v) is 7.81. The van der Waals surface area contributed by atoms with Crippen LogP contribution in [0.2, 0.25) is 0 Å². The van der Waals surface area contributed by atoms with Gasteiger partial charge in [0.1, 0.15) is 6.29 Å². The Bertz CT molecular complexity index is 840. The zero-order valence-electron chi connectivity index (χ0n) is 13.0. The third-order valence-electron chi connectivity index (χ3n) is 4.60. The third kappa shape index (κ3) is 2.48. The SMILES string of the molecule is Cc1cc(-c2ccc(-c3ccc(C4(C=O)CC4)cc3)cc2)on1. The number of hydrogen-bond acceptors (Lipinski definition) is 3. The Morgan fingerprint density at radius 3 is 2.00 bits per heavy atom. The summed E-state index contributed by atoms with van der Waals surface area (Å²) in [6.07, 6.45) is 3.04. The maximum absolute atomic E-state index is 11.2. The number of carbonyl (C=O) groups excluding carboxylic acids is 1. The van der Waals surface area contributed by atoms with Crippen molar-refractivity contribution in [2.75, 3.05) is 0 Å². The van der Waals surface area contributed by atoms with Crippen LogP contribution in [0.4, 0.5) is 0 Å². The lowest BCUT2D eigenvalue weighted by Crippen LogP contribution is -2.07. The Morgan fingerprint density at radius 2 is 1.52 bits per heavy atom. The zero-order valence-corrected chi connectivity index (χ0v) is 13.0. The van der Waals surface area contributed by atoms with Crippen molar-refractivity contribution in [1.29, 1.82) is 0 Å². The molecule has 0 aliphatic heterocycles. The van der Waals surface area contributed by atoms with E-state index in [4.69, 9.17) is 4.52 Å². The fraction of sp³-hybridized carbons (Fsp3) is 0.200. The van der Waals surface area contributed by atoms with Gasteiger partial charge in [-0.25, -0.2) is 0 Å². The molecule has 0 radical (unpaired) electrons. The molecular weight excluding hydrogens is 286 g/mol. The highest BCUT2D eigenvalue weighted by atomic mass is 16.5. The maximum Gasteiger partial charge on any atom is 0.167 e. The predicted octanol–water partition coefficient (Wildman–Crippen LogP) is 4.55. The Morgan fingerprint density at radius 1 is 0.957 bits per heavy atom. The Balaban J connectivity index is 1.59. The van der Waals surface area contributed by atoms with Crippen molar-refractivity contribution in [2.45, 2.75) is 25.2 Å². The van der Waals surface area contributed by atoms with Gasteiger partial charge in [-0.3, -0.25) is 0 Å². The molecule has 3 nitrogen and oxygen atoms in total. The van der Waals surface area contributed by atoms with Crippen LogP contribution in [0, 0.1) is 6.92 Å². The van der Waals surface area contributed by atoms with Crippen molar-refractivity contribution in [1.82, 2.24) is 5.16 Å². The fourth-order valence-corrected chi connectivity index (χ4v) is 2.93. The molecule has 1 aliphatic carbocycles. The smallest absolute Gasteiger partial charge is 0.167 e. The summed E-state index contributed by atoms with van der Waals surface area (Å²) in [5.41, 5.74) is 5.12. The summed E-state index contributed by atoms with van der Waals surface area (Å²) in [5.74, 6) is 0.783. The van der Waals surface area contributed by atoms with E-state index in [1.807, 2.05) is 25.1 Å². The minimum absolute atomic E-state index is 0.202. The van der Waals surface area contributed by atoms with Gasteiger partial charge in [0, 0.05) is 11.6 Å². The Labute approximate surface area is 134 Å².